The van der Waals surface area contributed by atoms with Crippen molar-refractivity contribution in [1.29, 1.82) is 0 Å². The number of aryl methyl sites for hydroxylation is 1. The molecule has 20 heavy (non-hydrogen) atoms. The van der Waals surface area contributed by atoms with Crippen LogP contribution in [0.5, 0.6) is 5.75 Å². The minimum atomic E-state index is -4.18. The van der Waals surface area contributed by atoms with Gasteiger partial charge in [-0.25, -0.2) is 4.79 Å². The van der Waals surface area contributed by atoms with Gasteiger partial charge in [-0.15, -0.1) is 0 Å². The highest BCUT2D eigenvalue weighted by Crippen LogP contribution is 2.20. The average molecular weight is 302 g/mol. The lowest BCUT2D eigenvalue weighted by Gasteiger charge is -2.08. The van der Waals surface area contributed by atoms with Crippen molar-refractivity contribution in [2.45, 2.75) is 13.8 Å². The van der Waals surface area contributed by atoms with Gasteiger partial charge >= 0.3 is 11.9 Å². The predicted octanol–water partition coefficient (Wildman–Crippen LogP) is 0.965. The van der Waals surface area contributed by atoms with E-state index in [-0.39, 0.29) is 11.3 Å². The van der Waals surface area contributed by atoms with Gasteiger partial charge in [0.05, 0.1) is 5.56 Å². The Balaban J connectivity index is 2.76. The summed E-state index contributed by atoms with van der Waals surface area (Å²) in [6.07, 6.45) is 0. The van der Waals surface area contributed by atoms with E-state index < -0.39 is 34.4 Å². The minimum absolute atomic E-state index is 0.113. The Morgan fingerprint density at radius 2 is 1.95 bits per heavy atom. The van der Waals surface area contributed by atoms with Crippen LogP contribution >= 0.6 is 0 Å². The van der Waals surface area contributed by atoms with Crippen LogP contribution in [0.25, 0.3) is 0 Å². The summed E-state index contributed by atoms with van der Waals surface area (Å²) in [4.78, 5) is 22.5. The van der Waals surface area contributed by atoms with Gasteiger partial charge in [-0.05, 0) is 24.6 Å². The van der Waals surface area contributed by atoms with Crippen LogP contribution in [0.1, 0.15) is 22.8 Å². The molecule has 1 aromatic rings. The zero-order valence-electron chi connectivity index (χ0n) is 11.0. The summed E-state index contributed by atoms with van der Waals surface area (Å²) in [6.45, 7) is 2.47. The highest BCUT2D eigenvalue weighted by atomic mass is 32.2. The number of hydrogen-bond acceptors (Lipinski definition) is 6. The van der Waals surface area contributed by atoms with Crippen LogP contribution < -0.4 is 4.74 Å². The van der Waals surface area contributed by atoms with Crippen LogP contribution in [0.3, 0.4) is 0 Å². The third-order valence-corrected chi connectivity index (χ3v) is 2.93. The molecule has 0 aliphatic carbocycles. The lowest BCUT2D eigenvalue weighted by molar-refractivity contribution is -0.131. The van der Waals surface area contributed by atoms with Gasteiger partial charge < -0.3 is 9.47 Å². The first kappa shape index (κ1) is 16.1. The van der Waals surface area contributed by atoms with E-state index in [9.17, 15) is 18.0 Å². The lowest BCUT2D eigenvalue weighted by Crippen LogP contribution is -2.15. The van der Waals surface area contributed by atoms with E-state index in [2.05, 4.69) is 4.74 Å². The number of ether oxygens (including phenoxy) is 2. The van der Waals surface area contributed by atoms with Gasteiger partial charge in [0.2, 0.25) is 0 Å². The molecule has 0 heterocycles. The number of benzene rings is 1. The number of carbonyl (C=O) groups is 2. The molecule has 1 N–H and O–H groups in total. The second kappa shape index (κ2) is 6.49. The van der Waals surface area contributed by atoms with E-state index in [0.717, 1.165) is 0 Å². The monoisotopic (exact) mass is 302 g/mol. The Morgan fingerprint density at radius 3 is 2.50 bits per heavy atom. The van der Waals surface area contributed by atoms with E-state index in [1.54, 1.807) is 13.0 Å². The summed E-state index contributed by atoms with van der Waals surface area (Å²) in [5.74, 6) is -1.75. The third kappa shape index (κ3) is 5.37. The summed E-state index contributed by atoms with van der Waals surface area (Å²) in [7, 11) is -4.18. The molecule has 0 saturated carbocycles. The van der Waals surface area contributed by atoms with Crippen LogP contribution in [0.4, 0.5) is 0 Å². The number of rotatable bonds is 5. The van der Waals surface area contributed by atoms with Gasteiger partial charge in [0.1, 0.15) is 18.1 Å². The molecule has 0 aromatic heterocycles. The second-order valence-electron chi connectivity index (χ2n) is 4.00. The van der Waals surface area contributed by atoms with E-state index in [4.69, 9.17) is 9.29 Å². The van der Waals surface area contributed by atoms with Crippen molar-refractivity contribution < 1.29 is 32.0 Å². The fraction of sp³-hybridized carbons (Fsp3) is 0.333. The van der Waals surface area contributed by atoms with Gasteiger partial charge in [0.15, 0.2) is 0 Å². The van der Waals surface area contributed by atoms with Crippen molar-refractivity contribution in [1.82, 2.24) is 0 Å². The minimum Gasteiger partial charge on any atom is -0.461 e. The molecule has 0 fully saturated rings. The van der Waals surface area contributed by atoms with Crippen LogP contribution in [-0.4, -0.2) is 37.3 Å². The molecule has 0 aliphatic heterocycles. The molecule has 0 spiro atoms. The quantitative estimate of drug-likeness (QED) is 0.490. The molecule has 8 heteroatoms. The number of esters is 2. The Morgan fingerprint density at radius 1 is 1.30 bits per heavy atom. The normalized spacial score (nSPS) is 10.9. The highest BCUT2D eigenvalue weighted by Gasteiger charge is 2.13. The second-order valence-corrected chi connectivity index (χ2v) is 5.57. The van der Waals surface area contributed by atoms with Gasteiger partial charge in [0, 0.05) is 6.92 Å². The molecule has 1 aromatic carbocycles. The van der Waals surface area contributed by atoms with Crippen molar-refractivity contribution in [3.8, 4) is 5.75 Å². The molecule has 0 aliphatic rings. The Hall–Kier alpha value is -1.93. The highest BCUT2D eigenvalue weighted by molar-refractivity contribution is 7.85. The summed E-state index contributed by atoms with van der Waals surface area (Å²) in [5, 5.41) is 0. The molecule has 0 saturated heterocycles. The summed E-state index contributed by atoms with van der Waals surface area (Å²) in [5.41, 5.74) is 0.775. The summed E-state index contributed by atoms with van der Waals surface area (Å²) < 4.78 is 39.1. The van der Waals surface area contributed by atoms with E-state index in [1.165, 1.54) is 19.1 Å². The van der Waals surface area contributed by atoms with Gasteiger partial charge in [0.25, 0.3) is 10.1 Å². The van der Waals surface area contributed by atoms with Gasteiger partial charge in [-0.1, -0.05) is 6.07 Å². The molecule has 110 valence electrons. The fourth-order valence-electron chi connectivity index (χ4n) is 1.31. The van der Waals surface area contributed by atoms with Crippen molar-refractivity contribution in [2.24, 2.45) is 0 Å². The van der Waals surface area contributed by atoms with Crippen LogP contribution in [-0.2, 0) is 19.6 Å². The van der Waals surface area contributed by atoms with Crippen LogP contribution in [0.15, 0.2) is 18.2 Å². The maximum atomic E-state index is 11.6. The summed E-state index contributed by atoms with van der Waals surface area (Å²) >= 11 is 0. The van der Waals surface area contributed by atoms with E-state index >= 15 is 0 Å². The predicted molar refractivity (Wildman–Crippen MR) is 69.2 cm³/mol. The number of hydrogen-bond donors (Lipinski definition) is 1. The molecule has 7 nitrogen and oxygen atoms in total. The lowest BCUT2D eigenvalue weighted by atomic mass is 10.1. The van der Waals surface area contributed by atoms with Crippen LogP contribution in [0, 0.1) is 6.92 Å². The number of carbonyl (C=O) groups excluding carboxylic acids is 2. The van der Waals surface area contributed by atoms with E-state index in [1.807, 2.05) is 0 Å². The molecule has 0 amide bonds. The van der Waals surface area contributed by atoms with Crippen molar-refractivity contribution in [2.75, 3.05) is 12.4 Å². The van der Waals surface area contributed by atoms with Gasteiger partial charge in [-0.3, -0.25) is 9.35 Å². The van der Waals surface area contributed by atoms with Gasteiger partial charge in [-0.2, -0.15) is 8.42 Å². The van der Waals surface area contributed by atoms with Crippen molar-refractivity contribution >= 4 is 22.1 Å². The Bertz CT molecular complexity index is 619. The standard InChI is InChI=1S/C12H14O7S/c1-8-3-4-10(7-11(8)19-9(2)13)12(14)18-5-6-20(15,16)17/h3-4,7H,5-6H2,1-2H3,(H,15,16,17). The first-order valence-electron chi connectivity index (χ1n) is 5.60. The molecule has 0 bridgehead atoms. The average Bonchev–Trinajstić information content (AvgIpc) is 2.29. The molecule has 0 radical (unpaired) electrons. The van der Waals surface area contributed by atoms with E-state index in [0.29, 0.717) is 5.56 Å². The molecule has 0 atom stereocenters. The third-order valence-electron chi connectivity index (χ3n) is 2.25. The molecule has 1 rings (SSSR count). The maximum absolute atomic E-state index is 11.6. The largest absolute Gasteiger partial charge is 0.461 e. The molecule has 0 unspecified atom stereocenters. The maximum Gasteiger partial charge on any atom is 0.338 e. The Labute approximate surface area is 116 Å². The summed E-state index contributed by atoms with van der Waals surface area (Å²) in [6, 6.07) is 4.35. The molecular formula is C12H14O7S. The van der Waals surface area contributed by atoms with Crippen LogP contribution in [0.2, 0.25) is 0 Å². The fourth-order valence-corrected chi connectivity index (χ4v) is 1.61. The molecular weight excluding hydrogens is 288 g/mol. The zero-order valence-corrected chi connectivity index (χ0v) is 11.8. The Kier molecular flexibility index (Phi) is 5.23. The van der Waals surface area contributed by atoms with Crippen molar-refractivity contribution in [3.05, 3.63) is 29.3 Å². The van der Waals surface area contributed by atoms with Crippen molar-refractivity contribution in [3.63, 3.8) is 0 Å². The topological polar surface area (TPSA) is 107 Å². The first-order chi connectivity index (χ1) is 9.19. The zero-order chi connectivity index (χ0) is 15.3. The smallest absolute Gasteiger partial charge is 0.338 e. The SMILES string of the molecule is CC(=O)Oc1cc(C(=O)OCCS(=O)(=O)O)ccc1C. The first-order valence-corrected chi connectivity index (χ1v) is 7.21.